The van der Waals surface area contributed by atoms with Gasteiger partial charge in [0, 0.05) is 5.69 Å². The van der Waals surface area contributed by atoms with Gasteiger partial charge in [-0.2, -0.15) is 0 Å². The third-order valence-corrected chi connectivity index (χ3v) is 2.78. The lowest BCUT2D eigenvalue weighted by molar-refractivity contribution is -0.126. The van der Waals surface area contributed by atoms with E-state index in [0.29, 0.717) is 24.3 Å². The van der Waals surface area contributed by atoms with Crippen molar-refractivity contribution in [2.24, 2.45) is 0 Å². The van der Waals surface area contributed by atoms with Crippen molar-refractivity contribution in [1.82, 2.24) is 0 Å². The van der Waals surface area contributed by atoms with Gasteiger partial charge in [-0.15, -0.1) is 6.58 Å². The molecular weight excluding hydrogens is 258 g/mol. The van der Waals surface area contributed by atoms with Crippen molar-refractivity contribution in [3.63, 3.8) is 0 Å². The second-order valence-corrected chi connectivity index (χ2v) is 4.41. The molecule has 1 unspecified atom stereocenters. The SMILES string of the molecule is C=CCCOC(C)C(=O)Nc1ccc(C(=O)O)c(C)c1. The number of hydrogen-bond acceptors (Lipinski definition) is 3. The maximum atomic E-state index is 11.9. The third-order valence-electron chi connectivity index (χ3n) is 2.78. The lowest BCUT2D eigenvalue weighted by Crippen LogP contribution is -2.28. The molecule has 2 N–H and O–H groups in total. The lowest BCUT2D eigenvalue weighted by atomic mass is 10.1. The topological polar surface area (TPSA) is 75.6 Å². The van der Waals surface area contributed by atoms with Crippen LogP contribution in [0.1, 0.15) is 29.3 Å². The molecule has 1 atom stereocenters. The molecule has 5 nitrogen and oxygen atoms in total. The molecule has 0 saturated heterocycles. The zero-order valence-electron chi connectivity index (χ0n) is 11.7. The maximum absolute atomic E-state index is 11.9. The van der Waals surface area contributed by atoms with Crippen molar-refractivity contribution in [2.45, 2.75) is 26.4 Å². The van der Waals surface area contributed by atoms with E-state index in [-0.39, 0.29) is 11.5 Å². The number of hydrogen-bond donors (Lipinski definition) is 2. The molecule has 5 heteroatoms. The summed E-state index contributed by atoms with van der Waals surface area (Å²) in [7, 11) is 0. The normalized spacial score (nSPS) is 11.7. The third kappa shape index (κ3) is 4.51. The van der Waals surface area contributed by atoms with Gasteiger partial charge in [-0.05, 0) is 44.0 Å². The summed E-state index contributed by atoms with van der Waals surface area (Å²) in [4.78, 5) is 22.8. The van der Waals surface area contributed by atoms with Gasteiger partial charge < -0.3 is 15.2 Å². The lowest BCUT2D eigenvalue weighted by Gasteiger charge is -2.13. The summed E-state index contributed by atoms with van der Waals surface area (Å²) in [5.74, 6) is -1.25. The predicted octanol–water partition coefficient (Wildman–Crippen LogP) is 2.61. The number of aryl methyl sites for hydroxylation is 1. The molecule has 0 spiro atoms. The van der Waals surface area contributed by atoms with E-state index in [4.69, 9.17) is 9.84 Å². The van der Waals surface area contributed by atoms with Gasteiger partial charge in [0.15, 0.2) is 0 Å². The first-order chi connectivity index (χ1) is 9.45. The Bertz CT molecular complexity index is 511. The Kier molecular flexibility index (Phi) is 5.93. The first-order valence-electron chi connectivity index (χ1n) is 6.33. The van der Waals surface area contributed by atoms with Crippen molar-refractivity contribution in [1.29, 1.82) is 0 Å². The van der Waals surface area contributed by atoms with Crippen LogP contribution < -0.4 is 5.32 Å². The molecule has 0 heterocycles. The number of anilines is 1. The minimum absolute atomic E-state index is 0.221. The summed E-state index contributed by atoms with van der Waals surface area (Å²) >= 11 is 0. The molecule has 1 aromatic carbocycles. The monoisotopic (exact) mass is 277 g/mol. The Labute approximate surface area is 118 Å². The summed E-state index contributed by atoms with van der Waals surface area (Å²) in [5.41, 5.74) is 1.37. The zero-order chi connectivity index (χ0) is 15.1. The Morgan fingerprint density at radius 3 is 2.75 bits per heavy atom. The minimum atomic E-state index is -0.985. The average Bonchev–Trinajstić information content (AvgIpc) is 2.38. The Morgan fingerprint density at radius 1 is 1.50 bits per heavy atom. The molecule has 0 aliphatic carbocycles. The van der Waals surface area contributed by atoms with Crippen molar-refractivity contribution in [3.05, 3.63) is 42.0 Å². The van der Waals surface area contributed by atoms with Gasteiger partial charge in [0.25, 0.3) is 5.91 Å². The summed E-state index contributed by atoms with van der Waals surface area (Å²) in [5, 5.41) is 11.6. The van der Waals surface area contributed by atoms with Crippen molar-refractivity contribution >= 4 is 17.6 Å². The molecule has 0 aliphatic heterocycles. The van der Waals surface area contributed by atoms with Gasteiger partial charge in [-0.1, -0.05) is 6.08 Å². The van der Waals surface area contributed by atoms with Crippen LogP contribution in [0, 0.1) is 6.92 Å². The van der Waals surface area contributed by atoms with E-state index in [1.165, 1.54) is 6.07 Å². The number of ether oxygens (including phenoxy) is 1. The van der Waals surface area contributed by atoms with Crippen molar-refractivity contribution < 1.29 is 19.4 Å². The van der Waals surface area contributed by atoms with E-state index >= 15 is 0 Å². The fraction of sp³-hybridized carbons (Fsp3) is 0.333. The van der Waals surface area contributed by atoms with Crippen LogP contribution in [0.15, 0.2) is 30.9 Å². The van der Waals surface area contributed by atoms with Gasteiger partial charge in [-0.25, -0.2) is 4.79 Å². The second-order valence-electron chi connectivity index (χ2n) is 4.41. The predicted molar refractivity (Wildman–Crippen MR) is 77.0 cm³/mol. The number of carbonyl (C=O) groups is 2. The van der Waals surface area contributed by atoms with Crippen LogP contribution in [-0.4, -0.2) is 29.7 Å². The van der Waals surface area contributed by atoms with E-state index in [1.807, 2.05) is 0 Å². The molecule has 1 rings (SSSR count). The summed E-state index contributed by atoms with van der Waals surface area (Å²) < 4.78 is 5.33. The summed E-state index contributed by atoms with van der Waals surface area (Å²) in [6.45, 7) is 7.36. The van der Waals surface area contributed by atoms with Crippen LogP contribution in [0.25, 0.3) is 0 Å². The Balaban J connectivity index is 2.64. The van der Waals surface area contributed by atoms with Gasteiger partial charge in [0.2, 0.25) is 0 Å². The van der Waals surface area contributed by atoms with E-state index < -0.39 is 12.1 Å². The Hall–Kier alpha value is -2.14. The fourth-order valence-electron chi connectivity index (χ4n) is 1.63. The van der Waals surface area contributed by atoms with E-state index in [9.17, 15) is 9.59 Å². The van der Waals surface area contributed by atoms with Crippen LogP contribution in [-0.2, 0) is 9.53 Å². The number of aromatic carboxylic acids is 1. The highest BCUT2D eigenvalue weighted by Crippen LogP contribution is 2.15. The highest BCUT2D eigenvalue weighted by molar-refractivity contribution is 5.95. The number of carboxylic acid groups (broad SMARTS) is 1. The van der Waals surface area contributed by atoms with Crippen LogP contribution in [0.5, 0.6) is 0 Å². The van der Waals surface area contributed by atoms with E-state index in [0.717, 1.165) is 0 Å². The second kappa shape index (κ2) is 7.45. The largest absolute Gasteiger partial charge is 0.478 e. The molecule has 20 heavy (non-hydrogen) atoms. The standard InChI is InChI=1S/C15H19NO4/c1-4-5-8-20-11(3)14(17)16-12-6-7-13(15(18)19)10(2)9-12/h4,6-7,9,11H,1,5,8H2,2-3H3,(H,16,17)(H,18,19). The van der Waals surface area contributed by atoms with E-state index in [2.05, 4.69) is 11.9 Å². The highest BCUT2D eigenvalue weighted by Gasteiger charge is 2.14. The van der Waals surface area contributed by atoms with E-state index in [1.54, 1.807) is 32.1 Å². The number of rotatable bonds is 7. The van der Waals surface area contributed by atoms with Gasteiger partial charge in [0.1, 0.15) is 6.10 Å². The van der Waals surface area contributed by atoms with Crippen molar-refractivity contribution in [3.8, 4) is 0 Å². The number of carbonyl (C=O) groups excluding carboxylic acids is 1. The molecule has 108 valence electrons. The summed E-state index contributed by atoms with van der Waals surface area (Å²) in [6.07, 6.45) is 1.83. The van der Waals surface area contributed by atoms with Crippen LogP contribution in [0.3, 0.4) is 0 Å². The van der Waals surface area contributed by atoms with Crippen LogP contribution in [0.4, 0.5) is 5.69 Å². The fourth-order valence-corrected chi connectivity index (χ4v) is 1.63. The number of benzene rings is 1. The molecule has 1 amide bonds. The van der Waals surface area contributed by atoms with Crippen LogP contribution >= 0.6 is 0 Å². The molecule has 0 aromatic heterocycles. The molecule has 0 radical (unpaired) electrons. The van der Waals surface area contributed by atoms with Crippen LogP contribution in [0.2, 0.25) is 0 Å². The molecular formula is C15H19NO4. The number of nitrogens with one attached hydrogen (secondary N) is 1. The van der Waals surface area contributed by atoms with Gasteiger partial charge >= 0.3 is 5.97 Å². The molecule has 1 aromatic rings. The van der Waals surface area contributed by atoms with Gasteiger partial charge in [0.05, 0.1) is 12.2 Å². The molecule has 0 aliphatic rings. The first kappa shape index (κ1) is 15.9. The van der Waals surface area contributed by atoms with Crippen molar-refractivity contribution in [2.75, 3.05) is 11.9 Å². The smallest absolute Gasteiger partial charge is 0.335 e. The van der Waals surface area contributed by atoms with Gasteiger partial charge in [-0.3, -0.25) is 4.79 Å². The average molecular weight is 277 g/mol. The molecule has 0 saturated carbocycles. The minimum Gasteiger partial charge on any atom is -0.478 e. The molecule has 0 bridgehead atoms. The Morgan fingerprint density at radius 2 is 2.20 bits per heavy atom. The maximum Gasteiger partial charge on any atom is 0.335 e. The zero-order valence-corrected chi connectivity index (χ0v) is 11.7. The highest BCUT2D eigenvalue weighted by atomic mass is 16.5. The molecule has 0 fully saturated rings. The summed E-state index contributed by atoms with van der Waals surface area (Å²) in [6, 6.07) is 4.65. The quantitative estimate of drug-likeness (QED) is 0.593. The number of carboxylic acids is 1. The number of amides is 1. The first-order valence-corrected chi connectivity index (χ1v) is 6.33.